The molecule has 1 aliphatic carbocycles. The quantitative estimate of drug-likeness (QED) is 0.758. The van der Waals surface area contributed by atoms with Crippen molar-refractivity contribution in [2.75, 3.05) is 7.11 Å². The summed E-state index contributed by atoms with van der Waals surface area (Å²) in [5.41, 5.74) is 1.64. The van der Waals surface area contributed by atoms with Crippen molar-refractivity contribution in [3.05, 3.63) is 59.7 Å². The van der Waals surface area contributed by atoms with Gasteiger partial charge in [-0.25, -0.2) is 0 Å². The Morgan fingerprint density at radius 3 is 2.62 bits per heavy atom. The molecule has 0 saturated heterocycles. The molecule has 0 bridgehead atoms. The molecule has 0 aliphatic heterocycles. The Labute approximate surface area is 124 Å². The molecule has 0 unspecified atom stereocenters. The molecule has 108 valence electrons. The Morgan fingerprint density at radius 1 is 1.10 bits per heavy atom. The van der Waals surface area contributed by atoms with Gasteiger partial charge in [-0.15, -0.1) is 0 Å². The minimum absolute atomic E-state index is 0.0875. The number of carbonyl (C=O) groups excluding carboxylic acids is 1. The summed E-state index contributed by atoms with van der Waals surface area (Å²) in [5, 5.41) is 0. The fourth-order valence-electron chi connectivity index (χ4n) is 2.19. The van der Waals surface area contributed by atoms with E-state index in [0.29, 0.717) is 18.1 Å². The number of Topliss-reactive ketones (excluding diaryl/α,β-unsaturated/α-hetero) is 1. The van der Waals surface area contributed by atoms with E-state index in [1.54, 1.807) is 7.11 Å². The van der Waals surface area contributed by atoms with Crippen LogP contribution in [-0.2, 0) is 6.42 Å². The molecule has 1 saturated carbocycles. The van der Waals surface area contributed by atoms with Gasteiger partial charge in [0.1, 0.15) is 11.5 Å². The zero-order valence-electron chi connectivity index (χ0n) is 12.0. The highest BCUT2D eigenvalue weighted by Crippen LogP contribution is 2.27. The lowest BCUT2D eigenvalue weighted by Crippen LogP contribution is -2.04. The van der Waals surface area contributed by atoms with E-state index in [2.05, 4.69) is 0 Å². The summed E-state index contributed by atoms with van der Waals surface area (Å²) in [6.45, 7) is 0. The van der Waals surface area contributed by atoms with Crippen molar-refractivity contribution in [3.8, 4) is 11.5 Å². The number of benzene rings is 2. The summed E-state index contributed by atoms with van der Waals surface area (Å²) in [6, 6.07) is 15.0. The molecule has 2 aromatic carbocycles. The van der Waals surface area contributed by atoms with Crippen LogP contribution in [0.4, 0.5) is 0 Å². The molecule has 0 aromatic heterocycles. The monoisotopic (exact) mass is 282 g/mol. The first kappa shape index (κ1) is 13.7. The third kappa shape index (κ3) is 3.63. The van der Waals surface area contributed by atoms with Gasteiger partial charge in [0.15, 0.2) is 5.78 Å². The summed E-state index contributed by atoms with van der Waals surface area (Å²) in [7, 11) is 1.62. The van der Waals surface area contributed by atoms with Crippen LogP contribution in [0, 0.1) is 0 Å². The molecule has 3 heteroatoms. The van der Waals surface area contributed by atoms with Crippen LogP contribution in [0.25, 0.3) is 0 Å². The molecule has 0 amide bonds. The van der Waals surface area contributed by atoms with Crippen LogP contribution >= 0.6 is 0 Å². The molecule has 0 radical (unpaired) electrons. The molecule has 3 rings (SSSR count). The molecule has 0 heterocycles. The van der Waals surface area contributed by atoms with Crippen LogP contribution in [0.3, 0.4) is 0 Å². The van der Waals surface area contributed by atoms with Gasteiger partial charge < -0.3 is 9.47 Å². The van der Waals surface area contributed by atoms with Crippen molar-refractivity contribution < 1.29 is 14.3 Å². The highest BCUT2D eigenvalue weighted by Gasteiger charge is 2.23. The van der Waals surface area contributed by atoms with Gasteiger partial charge in [0, 0.05) is 12.0 Å². The molecule has 1 fully saturated rings. The third-order valence-electron chi connectivity index (χ3n) is 3.48. The van der Waals surface area contributed by atoms with E-state index < -0.39 is 0 Å². The van der Waals surface area contributed by atoms with Crippen LogP contribution in [0.1, 0.15) is 28.8 Å². The second-order valence-corrected chi connectivity index (χ2v) is 5.30. The Hall–Kier alpha value is -2.29. The second kappa shape index (κ2) is 6.00. The molecule has 0 atom stereocenters. The third-order valence-corrected chi connectivity index (χ3v) is 3.48. The maximum absolute atomic E-state index is 12.4. The highest BCUT2D eigenvalue weighted by molar-refractivity contribution is 5.97. The number of carbonyl (C=O) groups is 1. The molecule has 0 N–H and O–H groups in total. The van der Waals surface area contributed by atoms with Crippen molar-refractivity contribution >= 4 is 5.78 Å². The largest absolute Gasteiger partial charge is 0.497 e. The molecule has 3 nitrogen and oxygen atoms in total. The second-order valence-electron chi connectivity index (χ2n) is 5.30. The molecular weight excluding hydrogens is 264 g/mol. The minimum atomic E-state index is 0.0875. The van der Waals surface area contributed by atoms with Crippen LogP contribution in [0.2, 0.25) is 0 Å². The van der Waals surface area contributed by atoms with E-state index >= 15 is 0 Å². The lowest BCUT2D eigenvalue weighted by Gasteiger charge is -2.07. The first-order valence-electron chi connectivity index (χ1n) is 7.17. The maximum atomic E-state index is 12.4. The van der Waals surface area contributed by atoms with Gasteiger partial charge in [-0.05, 0) is 42.7 Å². The summed E-state index contributed by atoms with van der Waals surface area (Å²) >= 11 is 0. The van der Waals surface area contributed by atoms with Crippen LogP contribution in [0.5, 0.6) is 11.5 Å². The number of rotatable bonds is 6. The van der Waals surface area contributed by atoms with E-state index in [1.165, 1.54) is 0 Å². The standard InChI is InChI=1S/C18H18O3/c1-20-16-6-2-4-13(10-16)11-18(19)14-5-3-7-17(12-14)21-15-8-9-15/h2-7,10,12,15H,8-9,11H2,1H3. The van der Waals surface area contributed by atoms with Crippen molar-refractivity contribution in [1.29, 1.82) is 0 Å². The van der Waals surface area contributed by atoms with Gasteiger partial charge in [-0.3, -0.25) is 4.79 Å². The van der Waals surface area contributed by atoms with Gasteiger partial charge >= 0.3 is 0 Å². The Kier molecular flexibility index (Phi) is 3.91. The van der Waals surface area contributed by atoms with E-state index in [0.717, 1.165) is 29.9 Å². The lowest BCUT2D eigenvalue weighted by molar-refractivity contribution is 0.0992. The molecule has 21 heavy (non-hydrogen) atoms. The van der Waals surface area contributed by atoms with E-state index in [9.17, 15) is 4.79 Å². The van der Waals surface area contributed by atoms with Crippen molar-refractivity contribution in [1.82, 2.24) is 0 Å². The number of ether oxygens (including phenoxy) is 2. The average molecular weight is 282 g/mol. The topological polar surface area (TPSA) is 35.5 Å². The van der Waals surface area contributed by atoms with E-state index in [1.807, 2.05) is 48.5 Å². The molecular formula is C18H18O3. The first-order chi connectivity index (χ1) is 10.2. The van der Waals surface area contributed by atoms with Gasteiger partial charge in [0.25, 0.3) is 0 Å². The molecule has 1 aliphatic rings. The van der Waals surface area contributed by atoms with E-state index in [4.69, 9.17) is 9.47 Å². The van der Waals surface area contributed by atoms with Crippen molar-refractivity contribution in [3.63, 3.8) is 0 Å². The normalized spacial score (nSPS) is 13.8. The first-order valence-corrected chi connectivity index (χ1v) is 7.17. The fraction of sp³-hybridized carbons (Fsp3) is 0.278. The number of hydrogen-bond acceptors (Lipinski definition) is 3. The summed E-state index contributed by atoms with van der Waals surface area (Å²) in [4.78, 5) is 12.4. The predicted molar refractivity (Wildman–Crippen MR) is 81.1 cm³/mol. The highest BCUT2D eigenvalue weighted by atomic mass is 16.5. The average Bonchev–Trinajstić information content (AvgIpc) is 3.31. The summed E-state index contributed by atoms with van der Waals surface area (Å²) < 4.78 is 10.9. The zero-order chi connectivity index (χ0) is 14.7. The Bertz CT molecular complexity index is 644. The van der Waals surface area contributed by atoms with Crippen molar-refractivity contribution in [2.24, 2.45) is 0 Å². The minimum Gasteiger partial charge on any atom is -0.497 e. The summed E-state index contributed by atoms with van der Waals surface area (Å²) in [6.07, 6.45) is 2.93. The van der Waals surface area contributed by atoms with Crippen LogP contribution < -0.4 is 9.47 Å². The van der Waals surface area contributed by atoms with Crippen molar-refractivity contribution in [2.45, 2.75) is 25.4 Å². The smallest absolute Gasteiger partial charge is 0.167 e. The fourth-order valence-corrected chi connectivity index (χ4v) is 2.19. The van der Waals surface area contributed by atoms with Gasteiger partial charge in [0.05, 0.1) is 13.2 Å². The van der Waals surface area contributed by atoms with Gasteiger partial charge in [-0.1, -0.05) is 24.3 Å². The van der Waals surface area contributed by atoms with Gasteiger partial charge in [0.2, 0.25) is 0 Å². The predicted octanol–water partition coefficient (Wildman–Crippen LogP) is 3.66. The van der Waals surface area contributed by atoms with Gasteiger partial charge in [-0.2, -0.15) is 0 Å². The van der Waals surface area contributed by atoms with E-state index in [-0.39, 0.29) is 5.78 Å². The van der Waals surface area contributed by atoms with Crippen LogP contribution in [-0.4, -0.2) is 19.0 Å². The molecule has 2 aromatic rings. The number of ketones is 1. The maximum Gasteiger partial charge on any atom is 0.167 e. The Balaban J connectivity index is 1.71. The SMILES string of the molecule is COc1cccc(CC(=O)c2cccc(OC3CC3)c2)c1. The van der Waals surface area contributed by atoms with Crippen LogP contribution in [0.15, 0.2) is 48.5 Å². The number of hydrogen-bond donors (Lipinski definition) is 0. The number of methoxy groups -OCH3 is 1. The summed E-state index contributed by atoms with van der Waals surface area (Å²) in [5.74, 6) is 1.64. The zero-order valence-corrected chi connectivity index (χ0v) is 12.0. The molecule has 0 spiro atoms. The lowest BCUT2D eigenvalue weighted by atomic mass is 10.0. The Morgan fingerprint density at radius 2 is 1.86 bits per heavy atom.